The van der Waals surface area contributed by atoms with Crippen molar-refractivity contribution in [2.45, 2.75) is 25.9 Å². The van der Waals surface area contributed by atoms with Gasteiger partial charge in [-0.2, -0.15) is 0 Å². The molecule has 1 fully saturated rings. The van der Waals surface area contributed by atoms with Crippen LogP contribution in [0.2, 0.25) is 5.02 Å². The third kappa shape index (κ3) is 2.93. The summed E-state index contributed by atoms with van der Waals surface area (Å²) < 4.78 is 18.9. The Morgan fingerprint density at radius 3 is 2.72 bits per heavy atom. The summed E-state index contributed by atoms with van der Waals surface area (Å²) >= 11 is 5.65. The highest BCUT2D eigenvalue weighted by atomic mass is 35.5. The standard InChI is InChI=1S/C13H15ClFNO2/c1-9(13(17)16-6-2-3-7-16)18-12-5-4-10(14)8-11(12)15/h4-5,8-9H,2-3,6-7H2,1H3. The molecule has 1 aliphatic heterocycles. The fraction of sp³-hybridized carbons (Fsp3) is 0.462. The van der Waals surface area contributed by atoms with Crippen LogP contribution in [0.25, 0.3) is 0 Å². The van der Waals surface area contributed by atoms with Gasteiger partial charge in [0, 0.05) is 18.1 Å². The maximum absolute atomic E-state index is 13.5. The summed E-state index contributed by atoms with van der Waals surface area (Å²) in [6, 6.07) is 4.14. The number of carbonyl (C=O) groups excluding carboxylic acids is 1. The van der Waals surface area contributed by atoms with Crippen LogP contribution in [-0.2, 0) is 4.79 Å². The molecule has 1 aromatic carbocycles. The number of ether oxygens (including phenoxy) is 1. The molecule has 1 aromatic rings. The van der Waals surface area contributed by atoms with Crippen molar-refractivity contribution in [2.24, 2.45) is 0 Å². The summed E-state index contributed by atoms with van der Waals surface area (Å²) in [4.78, 5) is 13.7. The summed E-state index contributed by atoms with van der Waals surface area (Å²) in [6.07, 6.45) is 1.36. The van der Waals surface area contributed by atoms with Gasteiger partial charge in [0.05, 0.1) is 0 Å². The van der Waals surface area contributed by atoms with Gasteiger partial charge >= 0.3 is 0 Å². The number of halogens is 2. The highest BCUT2D eigenvalue weighted by Crippen LogP contribution is 2.22. The fourth-order valence-electron chi connectivity index (χ4n) is 2.01. The molecule has 0 N–H and O–H groups in total. The lowest BCUT2D eigenvalue weighted by Crippen LogP contribution is -2.38. The Labute approximate surface area is 110 Å². The van der Waals surface area contributed by atoms with Gasteiger partial charge in [-0.15, -0.1) is 0 Å². The summed E-state index contributed by atoms with van der Waals surface area (Å²) in [5, 5.41) is 0.304. The minimum Gasteiger partial charge on any atom is -0.478 e. The SMILES string of the molecule is CC(Oc1ccc(Cl)cc1F)C(=O)N1CCCC1. The van der Waals surface area contributed by atoms with E-state index in [4.69, 9.17) is 16.3 Å². The molecule has 5 heteroatoms. The molecule has 0 aromatic heterocycles. The number of benzene rings is 1. The molecule has 1 heterocycles. The van der Waals surface area contributed by atoms with Crippen LogP contribution >= 0.6 is 11.6 Å². The van der Waals surface area contributed by atoms with Crippen molar-refractivity contribution in [3.05, 3.63) is 29.0 Å². The van der Waals surface area contributed by atoms with Crippen molar-refractivity contribution in [3.8, 4) is 5.75 Å². The zero-order valence-corrected chi connectivity index (χ0v) is 10.9. The van der Waals surface area contributed by atoms with Crippen LogP contribution < -0.4 is 4.74 Å². The van der Waals surface area contributed by atoms with E-state index in [9.17, 15) is 9.18 Å². The monoisotopic (exact) mass is 271 g/mol. The molecule has 98 valence electrons. The Morgan fingerprint density at radius 1 is 1.44 bits per heavy atom. The smallest absolute Gasteiger partial charge is 0.263 e. The van der Waals surface area contributed by atoms with Crippen molar-refractivity contribution in [3.63, 3.8) is 0 Å². The number of amides is 1. The molecule has 1 aliphatic rings. The van der Waals surface area contributed by atoms with Gasteiger partial charge in [0.15, 0.2) is 17.7 Å². The lowest BCUT2D eigenvalue weighted by Gasteiger charge is -2.21. The molecule has 0 spiro atoms. The third-order valence-corrected chi connectivity index (χ3v) is 3.20. The maximum Gasteiger partial charge on any atom is 0.263 e. The van der Waals surface area contributed by atoms with Crippen molar-refractivity contribution in [2.75, 3.05) is 13.1 Å². The molecule has 1 saturated heterocycles. The summed E-state index contributed by atoms with van der Waals surface area (Å²) in [6.45, 7) is 3.15. The molecule has 1 unspecified atom stereocenters. The van der Waals surface area contributed by atoms with E-state index in [1.165, 1.54) is 18.2 Å². The second-order valence-electron chi connectivity index (χ2n) is 4.37. The van der Waals surface area contributed by atoms with E-state index in [1.54, 1.807) is 11.8 Å². The normalized spacial score (nSPS) is 16.7. The highest BCUT2D eigenvalue weighted by Gasteiger charge is 2.25. The van der Waals surface area contributed by atoms with E-state index in [-0.39, 0.29) is 11.7 Å². The van der Waals surface area contributed by atoms with Gasteiger partial charge in [-0.25, -0.2) is 4.39 Å². The topological polar surface area (TPSA) is 29.5 Å². The first-order chi connectivity index (χ1) is 8.58. The minimum atomic E-state index is -0.682. The molecule has 1 atom stereocenters. The molecule has 1 amide bonds. The number of nitrogens with zero attached hydrogens (tertiary/aromatic N) is 1. The minimum absolute atomic E-state index is 0.0550. The molecule has 0 aliphatic carbocycles. The summed E-state index contributed by atoms with van der Waals surface area (Å²) in [5.74, 6) is -0.593. The van der Waals surface area contributed by atoms with Crippen molar-refractivity contribution < 1.29 is 13.9 Å². The Bertz CT molecular complexity index is 447. The second kappa shape index (κ2) is 5.57. The van der Waals surface area contributed by atoms with E-state index in [0.717, 1.165) is 25.9 Å². The van der Waals surface area contributed by atoms with Crippen LogP contribution in [0.1, 0.15) is 19.8 Å². The summed E-state index contributed by atoms with van der Waals surface area (Å²) in [7, 11) is 0. The van der Waals surface area contributed by atoms with Crippen LogP contribution in [0.15, 0.2) is 18.2 Å². The van der Waals surface area contributed by atoms with Crippen LogP contribution in [0.4, 0.5) is 4.39 Å². The lowest BCUT2D eigenvalue weighted by molar-refractivity contribution is -0.136. The van der Waals surface area contributed by atoms with E-state index < -0.39 is 11.9 Å². The molecule has 18 heavy (non-hydrogen) atoms. The number of carbonyl (C=O) groups is 1. The average molecular weight is 272 g/mol. The van der Waals surface area contributed by atoms with E-state index in [2.05, 4.69) is 0 Å². The van der Waals surface area contributed by atoms with Crippen molar-refractivity contribution >= 4 is 17.5 Å². The van der Waals surface area contributed by atoms with Crippen molar-refractivity contribution in [1.29, 1.82) is 0 Å². The maximum atomic E-state index is 13.5. The van der Waals surface area contributed by atoms with Gasteiger partial charge in [-0.3, -0.25) is 4.79 Å². The number of rotatable bonds is 3. The molecular formula is C13H15ClFNO2. The predicted molar refractivity (Wildman–Crippen MR) is 67.3 cm³/mol. The first-order valence-electron chi connectivity index (χ1n) is 5.98. The zero-order chi connectivity index (χ0) is 13.1. The zero-order valence-electron chi connectivity index (χ0n) is 10.2. The fourth-order valence-corrected chi connectivity index (χ4v) is 2.17. The Hall–Kier alpha value is -1.29. The van der Waals surface area contributed by atoms with Gasteiger partial charge in [0.25, 0.3) is 5.91 Å². The largest absolute Gasteiger partial charge is 0.478 e. The molecule has 3 nitrogen and oxygen atoms in total. The number of likely N-dealkylation sites (tertiary alicyclic amines) is 1. The third-order valence-electron chi connectivity index (χ3n) is 2.96. The highest BCUT2D eigenvalue weighted by molar-refractivity contribution is 6.30. The van der Waals surface area contributed by atoms with Crippen LogP contribution in [0, 0.1) is 5.82 Å². The Balaban J connectivity index is 2.01. The average Bonchev–Trinajstić information content (AvgIpc) is 2.85. The summed E-state index contributed by atoms with van der Waals surface area (Å²) in [5.41, 5.74) is 0. The Kier molecular flexibility index (Phi) is 4.07. The first-order valence-corrected chi connectivity index (χ1v) is 6.36. The van der Waals surface area contributed by atoms with Crippen LogP contribution in [0.3, 0.4) is 0 Å². The van der Waals surface area contributed by atoms with Gasteiger partial charge < -0.3 is 9.64 Å². The van der Waals surface area contributed by atoms with Gasteiger partial charge in [-0.1, -0.05) is 11.6 Å². The van der Waals surface area contributed by atoms with Gasteiger partial charge in [0.2, 0.25) is 0 Å². The number of hydrogen-bond donors (Lipinski definition) is 0. The van der Waals surface area contributed by atoms with Crippen LogP contribution in [0.5, 0.6) is 5.75 Å². The molecule has 0 bridgehead atoms. The van der Waals surface area contributed by atoms with E-state index in [1.807, 2.05) is 0 Å². The molecule has 0 saturated carbocycles. The van der Waals surface area contributed by atoms with Crippen molar-refractivity contribution in [1.82, 2.24) is 4.90 Å². The number of hydrogen-bond acceptors (Lipinski definition) is 2. The van der Waals surface area contributed by atoms with E-state index in [0.29, 0.717) is 5.02 Å². The Morgan fingerprint density at radius 2 is 2.11 bits per heavy atom. The second-order valence-corrected chi connectivity index (χ2v) is 4.80. The van der Waals surface area contributed by atoms with Gasteiger partial charge in [0.1, 0.15) is 0 Å². The predicted octanol–water partition coefficient (Wildman–Crippen LogP) is 2.87. The molecule has 2 rings (SSSR count). The van der Waals surface area contributed by atoms with Crippen LogP contribution in [-0.4, -0.2) is 30.0 Å². The quantitative estimate of drug-likeness (QED) is 0.846. The molecular weight excluding hydrogens is 257 g/mol. The lowest BCUT2D eigenvalue weighted by atomic mass is 10.3. The first kappa shape index (κ1) is 13.1. The van der Waals surface area contributed by atoms with E-state index >= 15 is 0 Å². The molecule has 0 radical (unpaired) electrons. The van der Waals surface area contributed by atoms with Gasteiger partial charge in [-0.05, 0) is 38.0 Å².